The zero-order valence-corrected chi connectivity index (χ0v) is 29.9. The Balaban J connectivity index is 1.56. The van der Waals surface area contributed by atoms with E-state index in [0.29, 0.717) is 19.4 Å². The SMILES string of the molecule is CCC[C@H](NC(=O)[C@@H]1[C@H]2CCC[C@H]2CN1C(=O)[C@@H](NC(=O)[C@@H](NC(=O)c1cnccn1)C1CCCC1)C(C)(C)C)C(=O)C(=O)N[C@@H](C)CC. The molecule has 0 spiro atoms. The number of hydrogen-bond donors (Lipinski definition) is 4. The molecule has 13 heteroatoms. The Kier molecular flexibility index (Phi) is 12.9. The second kappa shape index (κ2) is 16.7. The molecule has 1 aliphatic heterocycles. The topological polar surface area (TPSA) is 180 Å². The summed E-state index contributed by atoms with van der Waals surface area (Å²) in [4.78, 5) is 91.3. The average molecular weight is 682 g/mol. The van der Waals surface area contributed by atoms with E-state index in [9.17, 15) is 28.8 Å². The predicted octanol–water partition coefficient (Wildman–Crippen LogP) is 2.69. The summed E-state index contributed by atoms with van der Waals surface area (Å²) in [7, 11) is 0. The number of likely N-dealkylation sites (tertiary alicyclic amines) is 1. The molecular weight excluding hydrogens is 626 g/mol. The minimum absolute atomic E-state index is 0.0934. The van der Waals surface area contributed by atoms with Crippen molar-refractivity contribution in [3.05, 3.63) is 24.3 Å². The van der Waals surface area contributed by atoms with E-state index < -0.39 is 59.0 Å². The zero-order valence-electron chi connectivity index (χ0n) is 29.9. The van der Waals surface area contributed by atoms with Crippen LogP contribution in [0.5, 0.6) is 0 Å². The quantitative estimate of drug-likeness (QED) is 0.217. The number of carbonyl (C=O) groups excluding carboxylic acids is 6. The van der Waals surface area contributed by atoms with E-state index in [1.807, 2.05) is 41.5 Å². The number of nitrogens with zero attached hydrogens (tertiary/aromatic N) is 3. The highest BCUT2D eigenvalue weighted by Gasteiger charge is 2.52. The summed E-state index contributed by atoms with van der Waals surface area (Å²) in [5, 5.41) is 11.4. The largest absolute Gasteiger partial charge is 0.347 e. The molecule has 5 amide bonds. The van der Waals surface area contributed by atoms with Crippen LogP contribution in [0.2, 0.25) is 0 Å². The lowest BCUT2D eigenvalue weighted by Gasteiger charge is -2.37. The van der Waals surface area contributed by atoms with E-state index in [1.54, 1.807) is 4.90 Å². The number of fused-ring (bicyclic) bond motifs is 1. The molecule has 0 unspecified atom stereocenters. The van der Waals surface area contributed by atoms with Crippen LogP contribution in [-0.4, -0.2) is 86.9 Å². The molecule has 3 fully saturated rings. The summed E-state index contributed by atoms with van der Waals surface area (Å²) in [6.45, 7) is 11.5. The maximum Gasteiger partial charge on any atom is 0.289 e. The maximum atomic E-state index is 14.6. The molecule has 4 N–H and O–H groups in total. The number of amides is 5. The van der Waals surface area contributed by atoms with Crippen LogP contribution in [0, 0.1) is 23.2 Å². The lowest BCUT2D eigenvalue weighted by atomic mass is 9.84. The van der Waals surface area contributed by atoms with Crippen LogP contribution in [0.3, 0.4) is 0 Å². The minimum Gasteiger partial charge on any atom is -0.347 e. The first-order chi connectivity index (χ1) is 23.3. The summed E-state index contributed by atoms with van der Waals surface area (Å²) >= 11 is 0. The van der Waals surface area contributed by atoms with Crippen LogP contribution in [0.15, 0.2) is 18.6 Å². The van der Waals surface area contributed by atoms with Gasteiger partial charge in [0.15, 0.2) is 0 Å². The Labute approximate surface area is 289 Å². The molecule has 2 heterocycles. The van der Waals surface area contributed by atoms with Gasteiger partial charge in [0, 0.05) is 25.0 Å². The lowest BCUT2D eigenvalue weighted by molar-refractivity contribution is -0.146. The van der Waals surface area contributed by atoms with E-state index in [1.165, 1.54) is 18.6 Å². The van der Waals surface area contributed by atoms with Crippen LogP contribution >= 0.6 is 0 Å². The molecule has 2 aliphatic carbocycles. The van der Waals surface area contributed by atoms with Gasteiger partial charge in [-0.2, -0.15) is 0 Å². The Morgan fingerprint density at radius 1 is 0.918 bits per heavy atom. The monoisotopic (exact) mass is 681 g/mol. The molecule has 7 atom stereocenters. The third kappa shape index (κ3) is 9.21. The molecule has 1 saturated heterocycles. The van der Waals surface area contributed by atoms with E-state index in [2.05, 4.69) is 31.2 Å². The number of aromatic nitrogens is 2. The van der Waals surface area contributed by atoms with E-state index in [4.69, 9.17) is 0 Å². The minimum atomic E-state index is -1.01. The molecule has 4 rings (SSSR count). The summed E-state index contributed by atoms with van der Waals surface area (Å²) in [6, 6.07) is -3.92. The molecule has 1 aromatic rings. The Bertz CT molecular complexity index is 1360. The number of hydrogen-bond acceptors (Lipinski definition) is 8. The summed E-state index contributed by atoms with van der Waals surface area (Å²) < 4.78 is 0. The van der Waals surface area contributed by atoms with E-state index in [0.717, 1.165) is 44.9 Å². The van der Waals surface area contributed by atoms with Crippen molar-refractivity contribution in [1.29, 1.82) is 0 Å². The van der Waals surface area contributed by atoms with Crippen molar-refractivity contribution in [2.24, 2.45) is 23.2 Å². The summed E-state index contributed by atoms with van der Waals surface area (Å²) in [6.07, 6.45) is 11.7. The average Bonchev–Trinajstić information content (AvgIpc) is 3.83. The van der Waals surface area contributed by atoms with Gasteiger partial charge in [0.2, 0.25) is 23.5 Å². The van der Waals surface area contributed by atoms with Gasteiger partial charge in [0.1, 0.15) is 23.8 Å². The highest BCUT2D eigenvalue weighted by Crippen LogP contribution is 2.43. The molecule has 270 valence electrons. The molecule has 2 saturated carbocycles. The fraction of sp³-hybridized carbons (Fsp3) is 0.722. The Morgan fingerprint density at radius 2 is 1.63 bits per heavy atom. The van der Waals surface area contributed by atoms with Crippen LogP contribution in [0.4, 0.5) is 0 Å². The van der Waals surface area contributed by atoms with E-state index in [-0.39, 0.29) is 41.8 Å². The van der Waals surface area contributed by atoms with Gasteiger partial charge in [-0.1, -0.05) is 60.3 Å². The molecular formula is C36H55N7O6. The molecule has 0 radical (unpaired) electrons. The van der Waals surface area contributed by atoms with E-state index >= 15 is 0 Å². The first-order valence-corrected chi connectivity index (χ1v) is 18.1. The van der Waals surface area contributed by atoms with Crippen molar-refractivity contribution in [2.75, 3.05) is 6.54 Å². The standard InChI is InChI=1S/C36H55N7O6/c1-7-12-25(29(44)34(48)39-21(3)8-2)40-33(47)28-24-16-11-15-23(24)20-43(28)35(49)30(36(4,5)6)42-32(46)27(22-13-9-10-14-22)41-31(45)26-19-37-17-18-38-26/h17-19,21-25,27-28,30H,7-16,20H2,1-6H3,(H,39,48)(H,40,47)(H,41,45)(H,42,46)/t21-,23-,24-,25-,27-,28-,30+/m0/s1. The fourth-order valence-corrected chi connectivity index (χ4v) is 7.60. The summed E-state index contributed by atoms with van der Waals surface area (Å²) in [5.41, 5.74) is -0.647. The molecule has 0 aromatic carbocycles. The van der Waals surface area contributed by atoms with Gasteiger partial charge >= 0.3 is 0 Å². The van der Waals surface area contributed by atoms with Gasteiger partial charge in [-0.15, -0.1) is 0 Å². The van der Waals surface area contributed by atoms with Gasteiger partial charge in [-0.25, -0.2) is 4.98 Å². The Morgan fingerprint density at radius 3 is 2.24 bits per heavy atom. The number of carbonyl (C=O) groups is 6. The predicted molar refractivity (Wildman–Crippen MR) is 183 cm³/mol. The van der Waals surface area contributed by atoms with Crippen molar-refractivity contribution in [3.8, 4) is 0 Å². The van der Waals surface area contributed by atoms with Gasteiger partial charge < -0.3 is 26.2 Å². The lowest BCUT2D eigenvalue weighted by Crippen LogP contribution is -2.62. The van der Waals surface area contributed by atoms with Crippen molar-refractivity contribution in [3.63, 3.8) is 0 Å². The maximum absolute atomic E-state index is 14.6. The van der Waals surface area contributed by atoms with Crippen molar-refractivity contribution in [2.45, 2.75) is 136 Å². The van der Waals surface area contributed by atoms with Crippen LogP contribution in [0.25, 0.3) is 0 Å². The smallest absolute Gasteiger partial charge is 0.289 e. The van der Waals surface area contributed by atoms with Crippen molar-refractivity contribution >= 4 is 35.3 Å². The number of Topliss-reactive ketones (excluding diaryl/α,β-unsaturated/α-hetero) is 1. The number of nitrogens with one attached hydrogen (secondary N) is 4. The second-order valence-corrected chi connectivity index (χ2v) is 15.2. The number of rotatable bonds is 14. The van der Waals surface area contributed by atoms with Gasteiger partial charge in [0.05, 0.1) is 12.2 Å². The van der Waals surface area contributed by atoms with Crippen LogP contribution in [-0.2, 0) is 24.0 Å². The molecule has 13 nitrogen and oxygen atoms in total. The van der Waals surface area contributed by atoms with Crippen LogP contribution in [0.1, 0.15) is 116 Å². The molecule has 1 aromatic heterocycles. The molecule has 3 aliphatic rings. The van der Waals surface area contributed by atoms with Crippen molar-refractivity contribution < 1.29 is 28.8 Å². The third-order valence-corrected chi connectivity index (χ3v) is 10.5. The van der Waals surface area contributed by atoms with Crippen molar-refractivity contribution in [1.82, 2.24) is 36.1 Å². The summed E-state index contributed by atoms with van der Waals surface area (Å²) in [5.74, 6) is -3.33. The first kappa shape index (κ1) is 37.9. The van der Waals surface area contributed by atoms with Gasteiger partial charge in [-0.05, 0) is 68.6 Å². The molecule has 0 bridgehead atoms. The van der Waals surface area contributed by atoms with Gasteiger partial charge in [0.25, 0.3) is 11.8 Å². The highest BCUT2D eigenvalue weighted by molar-refractivity contribution is 6.38. The highest BCUT2D eigenvalue weighted by atomic mass is 16.2. The fourth-order valence-electron chi connectivity index (χ4n) is 7.60. The zero-order chi connectivity index (χ0) is 35.9. The third-order valence-electron chi connectivity index (χ3n) is 10.5. The van der Waals surface area contributed by atoms with Gasteiger partial charge in [-0.3, -0.25) is 33.8 Å². The first-order valence-electron chi connectivity index (χ1n) is 18.1. The Hall–Kier alpha value is -3.90. The second-order valence-electron chi connectivity index (χ2n) is 15.2. The normalized spacial score (nSPS) is 23.1. The number of ketones is 1. The van der Waals surface area contributed by atoms with Crippen LogP contribution < -0.4 is 21.3 Å². The molecule has 49 heavy (non-hydrogen) atoms.